The Kier molecular flexibility index (Phi) is 7.80. The van der Waals surface area contributed by atoms with E-state index in [9.17, 15) is 14.7 Å². The molecule has 0 spiro atoms. The Morgan fingerprint density at radius 1 is 1.36 bits per heavy atom. The average molecular weight is 413 g/mol. The van der Waals surface area contributed by atoms with E-state index in [4.69, 9.17) is 21.1 Å². The summed E-state index contributed by atoms with van der Waals surface area (Å²) in [5, 5.41) is 11.0. The lowest BCUT2D eigenvalue weighted by Gasteiger charge is -2.39. The smallest absolute Gasteiger partial charge is 0.306 e. The molecule has 0 aromatic carbocycles. The van der Waals surface area contributed by atoms with E-state index in [1.54, 1.807) is 12.1 Å². The lowest BCUT2D eigenvalue weighted by Crippen LogP contribution is -2.47. The number of aldehydes is 1. The zero-order chi connectivity index (χ0) is 20.8. The van der Waals surface area contributed by atoms with Gasteiger partial charge in [0.15, 0.2) is 6.29 Å². The summed E-state index contributed by atoms with van der Waals surface area (Å²) >= 11 is 5.84. The first-order valence-electron chi connectivity index (χ1n) is 9.50. The standard InChI is InChI=1S/C20H29ClN2O5/c1-19(2,3)28-18(25)5-4-12-27-14-20(26)8-10-23(11-9-20)16-6-7-17(21)22-15(16)13-24/h6-7,13,26H,4-5,8-12,14H2,1-3H3. The molecule has 156 valence electrons. The number of carbonyl (C=O) groups excluding carboxylic acids is 2. The van der Waals surface area contributed by atoms with Gasteiger partial charge >= 0.3 is 5.97 Å². The van der Waals surface area contributed by atoms with Gasteiger partial charge in [0, 0.05) is 26.1 Å². The second-order valence-corrected chi connectivity index (χ2v) is 8.50. The highest BCUT2D eigenvalue weighted by Gasteiger charge is 2.33. The number of piperidine rings is 1. The van der Waals surface area contributed by atoms with Crippen LogP contribution in [-0.2, 0) is 14.3 Å². The molecule has 2 heterocycles. The van der Waals surface area contributed by atoms with Gasteiger partial charge in [-0.2, -0.15) is 0 Å². The van der Waals surface area contributed by atoms with Gasteiger partial charge in [0.2, 0.25) is 0 Å². The number of esters is 1. The molecular weight excluding hydrogens is 384 g/mol. The van der Waals surface area contributed by atoms with Crippen LogP contribution in [0.3, 0.4) is 0 Å². The van der Waals surface area contributed by atoms with E-state index in [1.165, 1.54) is 0 Å². The third kappa shape index (κ3) is 7.04. The second kappa shape index (κ2) is 9.67. The van der Waals surface area contributed by atoms with Crippen molar-refractivity contribution in [1.82, 2.24) is 4.98 Å². The second-order valence-electron chi connectivity index (χ2n) is 8.11. The van der Waals surface area contributed by atoms with Gasteiger partial charge < -0.3 is 19.5 Å². The maximum absolute atomic E-state index is 11.7. The highest BCUT2D eigenvalue weighted by atomic mass is 35.5. The van der Waals surface area contributed by atoms with E-state index in [0.29, 0.717) is 57.4 Å². The van der Waals surface area contributed by atoms with Gasteiger partial charge in [-0.15, -0.1) is 0 Å². The number of rotatable bonds is 8. The van der Waals surface area contributed by atoms with Gasteiger partial charge in [0.1, 0.15) is 16.4 Å². The van der Waals surface area contributed by atoms with Crippen LogP contribution >= 0.6 is 11.6 Å². The molecule has 0 unspecified atom stereocenters. The summed E-state index contributed by atoms with van der Waals surface area (Å²) in [6.45, 7) is 7.28. The van der Waals surface area contributed by atoms with E-state index < -0.39 is 11.2 Å². The van der Waals surface area contributed by atoms with Crippen molar-refractivity contribution in [3.8, 4) is 0 Å². The van der Waals surface area contributed by atoms with Crippen molar-refractivity contribution < 1.29 is 24.2 Å². The van der Waals surface area contributed by atoms with Crippen LogP contribution < -0.4 is 4.90 Å². The Hall–Kier alpha value is -1.70. The Bertz CT molecular complexity index is 682. The molecular formula is C20H29ClN2O5. The summed E-state index contributed by atoms with van der Waals surface area (Å²) in [5.41, 5.74) is -0.371. The third-order valence-electron chi connectivity index (χ3n) is 4.48. The van der Waals surface area contributed by atoms with Crippen molar-refractivity contribution in [3.05, 3.63) is 23.0 Å². The first-order valence-corrected chi connectivity index (χ1v) is 9.88. The fourth-order valence-electron chi connectivity index (χ4n) is 3.08. The Balaban J connectivity index is 1.73. The van der Waals surface area contributed by atoms with Crippen LogP contribution in [-0.4, -0.2) is 59.9 Å². The van der Waals surface area contributed by atoms with Crippen molar-refractivity contribution in [2.75, 3.05) is 31.2 Å². The summed E-state index contributed by atoms with van der Waals surface area (Å²) < 4.78 is 10.8. The highest BCUT2D eigenvalue weighted by molar-refractivity contribution is 6.29. The molecule has 1 fully saturated rings. The van der Waals surface area contributed by atoms with Crippen molar-refractivity contribution in [3.63, 3.8) is 0 Å². The Morgan fingerprint density at radius 3 is 2.64 bits per heavy atom. The monoisotopic (exact) mass is 412 g/mol. The molecule has 1 aliphatic heterocycles. The number of anilines is 1. The van der Waals surface area contributed by atoms with Crippen LogP contribution in [0, 0.1) is 0 Å². The maximum atomic E-state index is 11.7. The lowest BCUT2D eigenvalue weighted by atomic mass is 9.92. The molecule has 8 heteroatoms. The minimum Gasteiger partial charge on any atom is -0.460 e. The number of aromatic nitrogens is 1. The minimum atomic E-state index is -0.913. The normalized spacial score (nSPS) is 16.7. The van der Waals surface area contributed by atoms with Crippen molar-refractivity contribution in [1.29, 1.82) is 0 Å². The van der Waals surface area contributed by atoms with Gasteiger partial charge in [-0.3, -0.25) is 9.59 Å². The molecule has 2 rings (SSSR count). The summed E-state index contributed by atoms with van der Waals surface area (Å²) in [6.07, 6.45) is 2.56. The number of aliphatic hydroxyl groups is 1. The predicted octanol–water partition coefficient (Wildman–Crippen LogP) is 3.02. The first kappa shape index (κ1) is 22.6. The van der Waals surface area contributed by atoms with Crippen LogP contribution in [0.4, 0.5) is 5.69 Å². The number of nitrogens with zero attached hydrogens (tertiary/aromatic N) is 2. The van der Waals surface area contributed by atoms with E-state index in [2.05, 4.69) is 4.98 Å². The Labute approximate surface area is 171 Å². The first-order chi connectivity index (χ1) is 13.1. The zero-order valence-electron chi connectivity index (χ0n) is 16.7. The van der Waals surface area contributed by atoms with Crippen LogP contribution in [0.5, 0.6) is 0 Å². The number of hydrogen-bond donors (Lipinski definition) is 1. The summed E-state index contributed by atoms with van der Waals surface area (Å²) in [4.78, 5) is 28.9. The number of hydrogen-bond acceptors (Lipinski definition) is 7. The SMILES string of the molecule is CC(C)(C)OC(=O)CCCOCC1(O)CCN(c2ccc(Cl)nc2C=O)CC1. The molecule has 1 aliphatic rings. The molecule has 0 radical (unpaired) electrons. The molecule has 1 saturated heterocycles. The largest absolute Gasteiger partial charge is 0.460 e. The van der Waals surface area contributed by atoms with Crippen molar-refractivity contribution >= 4 is 29.5 Å². The number of ether oxygens (including phenoxy) is 2. The van der Waals surface area contributed by atoms with Gasteiger partial charge in [-0.05, 0) is 52.2 Å². The highest BCUT2D eigenvalue weighted by Crippen LogP contribution is 2.28. The molecule has 0 bridgehead atoms. The van der Waals surface area contributed by atoms with Crippen molar-refractivity contribution in [2.24, 2.45) is 0 Å². The molecule has 7 nitrogen and oxygen atoms in total. The van der Waals surface area contributed by atoms with Crippen LogP contribution in [0.15, 0.2) is 12.1 Å². The molecule has 1 N–H and O–H groups in total. The van der Waals surface area contributed by atoms with Crippen LogP contribution in [0.25, 0.3) is 0 Å². The zero-order valence-corrected chi connectivity index (χ0v) is 17.5. The van der Waals surface area contributed by atoms with Gasteiger partial charge in [-0.1, -0.05) is 11.6 Å². The molecule has 1 aromatic rings. The molecule has 0 aliphatic carbocycles. The molecule has 28 heavy (non-hydrogen) atoms. The van der Waals surface area contributed by atoms with E-state index in [0.717, 1.165) is 5.69 Å². The predicted molar refractivity (Wildman–Crippen MR) is 107 cm³/mol. The van der Waals surface area contributed by atoms with E-state index in [-0.39, 0.29) is 17.7 Å². The Morgan fingerprint density at radius 2 is 2.04 bits per heavy atom. The van der Waals surface area contributed by atoms with Crippen LogP contribution in [0.2, 0.25) is 5.15 Å². The van der Waals surface area contributed by atoms with Gasteiger partial charge in [0.25, 0.3) is 0 Å². The van der Waals surface area contributed by atoms with Gasteiger partial charge in [0.05, 0.1) is 17.9 Å². The number of pyridine rings is 1. The fraction of sp³-hybridized carbons (Fsp3) is 0.650. The van der Waals surface area contributed by atoms with Gasteiger partial charge in [-0.25, -0.2) is 4.98 Å². The van der Waals surface area contributed by atoms with E-state index in [1.807, 2.05) is 25.7 Å². The van der Waals surface area contributed by atoms with Crippen LogP contribution in [0.1, 0.15) is 56.9 Å². The van der Waals surface area contributed by atoms with E-state index >= 15 is 0 Å². The number of halogens is 1. The summed E-state index contributed by atoms with van der Waals surface area (Å²) in [5.74, 6) is -0.245. The summed E-state index contributed by atoms with van der Waals surface area (Å²) in [6, 6.07) is 3.43. The topological polar surface area (TPSA) is 89.0 Å². The fourth-order valence-corrected chi connectivity index (χ4v) is 3.23. The minimum absolute atomic E-state index is 0.217. The molecule has 0 saturated carbocycles. The molecule has 0 atom stereocenters. The molecule has 1 aromatic heterocycles. The quantitative estimate of drug-likeness (QED) is 0.304. The number of carbonyl (C=O) groups is 2. The molecule has 0 amide bonds. The van der Waals surface area contributed by atoms with Crippen molar-refractivity contribution in [2.45, 2.75) is 57.7 Å². The average Bonchev–Trinajstić information content (AvgIpc) is 2.60. The third-order valence-corrected chi connectivity index (χ3v) is 4.69. The summed E-state index contributed by atoms with van der Waals surface area (Å²) in [7, 11) is 0. The maximum Gasteiger partial charge on any atom is 0.306 e. The lowest BCUT2D eigenvalue weighted by molar-refractivity contribution is -0.155.